The van der Waals surface area contributed by atoms with E-state index in [0.29, 0.717) is 19.3 Å². The van der Waals surface area contributed by atoms with Crippen molar-refractivity contribution in [3.63, 3.8) is 0 Å². The van der Waals surface area contributed by atoms with Crippen molar-refractivity contribution in [1.82, 2.24) is 0 Å². The van der Waals surface area contributed by atoms with Crippen LogP contribution in [0.15, 0.2) is 109 Å². The van der Waals surface area contributed by atoms with E-state index in [0.717, 1.165) is 128 Å². The highest BCUT2D eigenvalue weighted by Crippen LogP contribution is 2.16. The van der Waals surface area contributed by atoms with Crippen molar-refractivity contribution in [3.05, 3.63) is 109 Å². The molecule has 0 rings (SSSR count). The van der Waals surface area contributed by atoms with Gasteiger partial charge in [-0.2, -0.15) is 0 Å². The molecule has 1 unspecified atom stereocenters. The first kappa shape index (κ1) is 74.1. The van der Waals surface area contributed by atoms with Gasteiger partial charge in [-0.3, -0.25) is 14.4 Å². The topological polar surface area (TPSA) is 78.9 Å². The van der Waals surface area contributed by atoms with Crippen molar-refractivity contribution in [2.45, 2.75) is 316 Å². The van der Waals surface area contributed by atoms with E-state index in [1.807, 2.05) is 0 Å². The molecule has 446 valence electrons. The molecule has 0 N–H and O–H groups in total. The highest BCUT2D eigenvalue weighted by Gasteiger charge is 2.19. The Kier molecular flexibility index (Phi) is 62.3. The number of unbranched alkanes of at least 4 members (excludes halogenated alkanes) is 30. The van der Waals surface area contributed by atoms with Gasteiger partial charge in [0.15, 0.2) is 6.10 Å². The van der Waals surface area contributed by atoms with Crippen LogP contribution in [0.4, 0.5) is 0 Å². The van der Waals surface area contributed by atoms with E-state index in [1.54, 1.807) is 0 Å². The molecule has 0 saturated carbocycles. The summed E-state index contributed by atoms with van der Waals surface area (Å²) in [6, 6.07) is 0. The van der Waals surface area contributed by atoms with Crippen LogP contribution in [0.25, 0.3) is 0 Å². The zero-order valence-electron chi connectivity index (χ0n) is 51.2. The van der Waals surface area contributed by atoms with Gasteiger partial charge in [0.25, 0.3) is 0 Å². The van der Waals surface area contributed by atoms with E-state index in [2.05, 4.69) is 130 Å². The average Bonchev–Trinajstić information content (AvgIpc) is 3.44. The summed E-state index contributed by atoms with van der Waals surface area (Å²) >= 11 is 0. The fourth-order valence-electron chi connectivity index (χ4n) is 9.13. The number of carbonyl (C=O) groups excluding carboxylic acids is 3. The highest BCUT2D eigenvalue weighted by molar-refractivity contribution is 5.71. The molecule has 0 bridgehead atoms. The van der Waals surface area contributed by atoms with Gasteiger partial charge in [-0.05, 0) is 122 Å². The molecule has 0 heterocycles. The van der Waals surface area contributed by atoms with E-state index in [-0.39, 0.29) is 31.1 Å². The number of allylic oxidation sites excluding steroid dienone is 18. The Morgan fingerprint density at radius 2 is 0.500 bits per heavy atom. The van der Waals surface area contributed by atoms with E-state index >= 15 is 0 Å². The van der Waals surface area contributed by atoms with Gasteiger partial charge >= 0.3 is 17.9 Å². The second-order valence-electron chi connectivity index (χ2n) is 21.6. The molecule has 0 saturated heterocycles. The van der Waals surface area contributed by atoms with Crippen LogP contribution in [0, 0.1) is 0 Å². The molecule has 6 nitrogen and oxygen atoms in total. The first-order valence-corrected chi connectivity index (χ1v) is 32.9. The molecule has 1 atom stereocenters. The molecular formula is C72H122O6. The fraction of sp³-hybridized carbons (Fsp3) is 0.708. The van der Waals surface area contributed by atoms with Gasteiger partial charge in [0, 0.05) is 19.3 Å². The summed E-state index contributed by atoms with van der Waals surface area (Å²) in [4.78, 5) is 38.4. The number of ether oxygens (including phenoxy) is 3. The Labute approximate surface area is 482 Å². The minimum Gasteiger partial charge on any atom is -0.462 e. The number of carbonyl (C=O) groups is 3. The minimum atomic E-state index is -0.791. The minimum absolute atomic E-state index is 0.0867. The van der Waals surface area contributed by atoms with E-state index in [9.17, 15) is 14.4 Å². The second kappa shape index (κ2) is 65.6. The third-order valence-corrected chi connectivity index (χ3v) is 14.0. The zero-order valence-corrected chi connectivity index (χ0v) is 51.2. The third-order valence-electron chi connectivity index (χ3n) is 14.0. The Balaban J connectivity index is 4.34. The molecule has 0 aliphatic rings. The quantitative estimate of drug-likeness (QED) is 0.0261. The van der Waals surface area contributed by atoms with Crippen molar-refractivity contribution < 1.29 is 28.6 Å². The van der Waals surface area contributed by atoms with Crippen LogP contribution in [0.5, 0.6) is 0 Å². The van der Waals surface area contributed by atoms with Crippen LogP contribution in [0.1, 0.15) is 310 Å². The molecular weight excluding hydrogens is 961 g/mol. The maximum Gasteiger partial charge on any atom is 0.306 e. The number of esters is 3. The van der Waals surface area contributed by atoms with Crippen molar-refractivity contribution in [2.75, 3.05) is 13.2 Å². The zero-order chi connectivity index (χ0) is 56.4. The van der Waals surface area contributed by atoms with Crippen molar-refractivity contribution in [2.24, 2.45) is 0 Å². The Bertz CT molecular complexity index is 1570. The molecule has 6 heteroatoms. The number of rotatable bonds is 59. The average molecular weight is 1080 g/mol. The van der Waals surface area contributed by atoms with Crippen LogP contribution in [-0.2, 0) is 28.6 Å². The summed E-state index contributed by atoms with van der Waals surface area (Å²) in [5, 5.41) is 0. The summed E-state index contributed by atoms with van der Waals surface area (Å²) in [5.74, 6) is -0.902. The predicted octanol–water partition coefficient (Wildman–Crippen LogP) is 22.6. The van der Waals surface area contributed by atoms with Crippen LogP contribution < -0.4 is 0 Å². The highest BCUT2D eigenvalue weighted by atomic mass is 16.6. The van der Waals surface area contributed by atoms with Crippen LogP contribution in [0.2, 0.25) is 0 Å². The van der Waals surface area contributed by atoms with Gasteiger partial charge < -0.3 is 14.2 Å². The molecule has 0 radical (unpaired) electrons. The van der Waals surface area contributed by atoms with Crippen LogP contribution >= 0.6 is 0 Å². The molecule has 0 aliphatic heterocycles. The standard InChI is InChI=1S/C72H122O6/c1-4-7-10-13-16-19-22-25-28-30-32-33-34-35-36-37-38-39-40-42-44-47-50-53-56-59-62-65-71(74)77-68-69(67-76-70(73)64-61-58-55-52-49-46-43-27-24-21-18-15-12-9-6-3)78-72(75)66-63-60-57-54-51-48-45-41-31-29-26-23-20-17-14-11-8-5-2/h7,9-10,12,16,18-19,21,25,27-29,31-33,35-36,43,69H,4-6,8,11,13-15,17,20,22-24,26,30,34,37-42,44-68H2,1-3H3/b10-7-,12-9-,19-16-,21-18-,28-25-,31-29-,33-32-,36-35-,43-27-. The Hall–Kier alpha value is -3.93. The summed E-state index contributed by atoms with van der Waals surface area (Å²) in [6.45, 7) is 6.42. The maximum absolute atomic E-state index is 12.9. The first-order chi connectivity index (χ1) is 38.5. The second-order valence-corrected chi connectivity index (χ2v) is 21.6. The largest absolute Gasteiger partial charge is 0.462 e. The Morgan fingerprint density at radius 1 is 0.269 bits per heavy atom. The third kappa shape index (κ3) is 62.9. The monoisotopic (exact) mass is 1080 g/mol. The van der Waals surface area contributed by atoms with E-state index in [4.69, 9.17) is 14.2 Å². The number of hydrogen-bond donors (Lipinski definition) is 0. The van der Waals surface area contributed by atoms with E-state index < -0.39 is 6.10 Å². The number of hydrogen-bond acceptors (Lipinski definition) is 6. The van der Waals surface area contributed by atoms with Crippen molar-refractivity contribution >= 4 is 17.9 Å². The van der Waals surface area contributed by atoms with Gasteiger partial charge in [-0.1, -0.05) is 278 Å². The SMILES string of the molecule is CC/C=C\C/C=C\C/C=C\C/C=C\C/C=C\CCCCCCCCCCCCCC(=O)OCC(COC(=O)CCCCCCC/C=C\C/C=C\C/C=C\CC)OC(=O)CCCCCCCCC/C=C\CCCCCCCCC. The first-order valence-electron chi connectivity index (χ1n) is 32.9. The molecule has 0 aromatic carbocycles. The molecule has 0 fully saturated rings. The van der Waals surface area contributed by atoms with Gasteiger partial charge in [0.05, 0.1) is 0 Å². The van der Waals surface area contributed by atoms with Gasteiger partial charge in [-0.15, -0.1) is 0 Å². The molecule has 78 heavy (non-hydrogen) atoms. The van der Waals surface area contributed by atoms with Crippen molar-refractivity contribution in [3.8, 4) is 0 Å². The lowest BCUT2D eigenvalue weighted by Gasteiger charge is -2.18. The fourth-order valence-corrected chi connectivity index (χ4v) is 9.13. The van der Waals surface area contributed by atoms with Crippen LogP contribution in [-0.4, -0.2) is 37.2 Å². The van der Waals surface area contributed by atoms with Crippen molar-refractivity contribution in [1.29, 1.82) is 0 Å². The summed E-state index contributed by atoms with van der Waals surface area (Å²) in [5.41, 5.74) is 0. The van der Waals surface area contributed by atoms with Crippen LogP contribution in [0.3, 0.4) is 0 Å². The molecule has 0 aliphatic carbocycles. The van der Waals surface area contributed by atoms with Gasteiger partial charge in [0.2, 0.25) is 0 Å². The molecule has 0 spiro atoms. The molecule has 0 amide bonds. The lowest BCUT2D eigenvalue weighted by Crippen LogP contribution is -2.30. The summed E-state index contributed by atoms with van der Waals surface area (Å²) < 4.78 is 16.9. The Morgan fingerprint density at radius 3 is 0.795 bits per heavy atom. The summed E-state index contributed by atoms with van der Waals surface area (Å²) in [7, 11) is 0. The predicted molar refractivity (Wildman–Crippen MR) is 339 cm³/mol. The van der Waals surface area contributed by atoms with E-state index in [1.165, 1.54) is 141 Å². The molecule has 0 aromatic heterocycles. The smallest absolute Gasteiger partial charge is 0.306 e. The maximum atomic E-state index is 12.9. The van der Waals surface area contributed by atoms with Gasteiger partial charge in [-0.25, -0.2) is 0 Å². The normalized spacial score (nSPS) is 12.8. The lowest BCUT2D eigenvalue weighted by molar-refractivity contribution is -0.167. The van der Waals surface area contributed by atoms with Gasteiger partial charge in [0.1, 0.15) is 13.2 Å². The molecule has 0 aromatic rings. The lowest BCUT2D eigenvalue weighted by atomic mass is 10.0. The summed E-state index contributed by atoms with van der Waals surface area (Å²) in [6.07, 6.45) is 89.5.